The topological polar surface area (TPSA) is 133 Å². The van der Waals surface area contributed by atoms with Crippen molar-refractivity contribution < 1.29 is 52.3 Å². The van der Waals surface area contributed by atoms with Gasteiger partial charge in [-0.15, -0.1) is 0 Å². The molecule has 0 N–H and O–H groups in total. The minimum absolute atomic E-state index is 0.146. The first-order chi connectivity index (χ1) is 23.8. The lowest BCUT2D eigenvalue weighted by atomic mass is 10.1. The van der Waals surface area contributed by atoms with Gasteiger partial charge in [0.1, 0.15) is 17.2 Å². The van der Waals surface area contributed by atoms with Crippen LogP contribution in [0.15, 0.2) is 116 Å². The second-order valence-corrected chi connectivity index (χ2v) is 10.1. The Morgan fingerprint density at radius 2 is 1.00 bits per heavy atom. The van der Waals surface area contributed by atoms with E-state index in [-0.39, 0.29) is 37.4 Å². The van der Waals surface area contributed by atoms with Gasteiger partial charge in [-0.25, -0.2) is 19.2 Å². The zero-order valence-electron chi connectivity index (χ0n) is 26.3. The van der Waals surface area contributed by atoms with Gasteiger partial charge in [0.25, 0.3) is 0 Å². The van der Waals surface area contributed by atoms with E-state index < -0.39 is 23.9 Å². The van der Waals surface area contributed by atoms with Crippen LogP contribution in [0, 0.1) is 0 Å². The Bertz CT molecular complexity index is 2060. The molecule has 0 unspecified atom stereocenters. The van der Waals surface area contributed by atoms with E-state index >= 15 is 0 Å². The number of carbonyl (C=O) groups is 4. The lowest BCUT2D eigenvalue weighted by Gasteiger charge is -2.13. The molecule has 0 spiro atoms. The molecular formula is C38H30O11. The summed E-state index contributed by atoms with van der Waals surface area (Å²) in [6.07, 6.45) is 2.09. The van der Waals surface area contributed by atoms with Gasteiger partial charge in [-0.05, 0) is 89.1 Å². The van der Waals surface area contributed by atoms with E-state index in [0.29, 0.717) is 22.6 Å². The van der Waals surface area contributed by atoms with Crippen LogP contribution < -0.4 is 23.7 Å². The van der Waals surface area contributed by atoms with Gasteiger partial charge < -0.3 is 33.2 Å². The fraction of sp³-hybridized carbons (Fsp3) is 0.105. The Labute approximate surface area is 280 Å². The molecule has 0 saturated heterocycles. The first kappa shape index (κ1) is 33.7. The molecule has 0 aromatic heterocycles. The van der Waals surface area contributed by atoms with Crippen LogP contribution in [-0.4, -0.2) is 44.1 Å². The zero-order chi connectivity index (χ0) is 34.8. The summed E-state index contributed by atoms with van der Waals surface area (Å²) in [6.45, 7) is 8.17. The van der Waals surface area contributed by atoms with E-state index in [2.05, 4.69) is 13.2 Å². The average molecular weight is 663 g/mol. The van der Waals surface area contributed by atoms with Crippen molar-refractivity contribution in [3.63, 3.8) is 0 Å². The van der Waals surface area contributed by atoms with Crippen molar-refractivity contribution in [2.24, 2.45) is 0 Å². The Hall–Kier alpha value is -6.62. The standard InChI is InChI=1S/C38H30O11/c1-4-35(39)46-22-44-30-13-11-24-17-28(9-7-26(24)19-30)37(41)48-32-15-16-33(34(21-32)43-6-3)49-38(42)29-10-8-27-20-31(14-12-25(27)18-29)45-23-47-36(40)5-2/h4-5,7-21H,1-2,6,22-23H2,3H3. The highest BCUT2D eigenvalue weighted by atomic mass is 16.7. The third-order valence-electron chi connectivity index (χ3n) is 6.91. The average Bonchev–Trinajstić information content (AvgIpc) is 3.12. The predicted octanol–water partition coefficient (Wildman–Crippen LogP) is 6.96. The molecule has 11 nitrogen and oxygen atoms in total. The molecule has 0 aliphatic heterocycles. The molecule has 0 bridgehead atoms. The molecule has 0 amide bonds. The van der Waals surface area contributed by atoms with Crippen LogP contribution in [0.1, 0.15) is 27.6 Å². The molecule has 248 valence electrons. The fourth-order valence-corrected chi connectivity index (χ4v) is 4.54. The lowest BCUT2D eigenvalue weighted by Crippen LogP contribution is -2.11. The third kappa shape index (κ3) is 8.80. The molecular weight excluding hydrogens is 632 g/mol. The normalized spacial score (nSPS) is 10.5. The maximum absolute atomic E-state index is 13.1. The van der Waals surface area contributed by atoms with Crippen LogP contribution in [0.5, 0.6) is 28.7 Å². The monoisotopic (exact) mass is 662 g/mol. The number of esters is 4. The van der Waals surface area contributed by atoms with Crippen LogP contribution in [0.4, 0.5) is 0 Å². The fourth-order valence-electron chi connectivity index (χ4n) is 4.54. The van der Waals surface area contributed by atoms with Crippen molar-refractivity contribution in [2.75, 3.05) is 20.2 Å². The Balaban J connectivity index is 1.23. The van der Waals surface area contributed by atoms with E-state index in [1.165, 1.54) is 18.2 Å². The molecule has 0 saturated carbocycles. The largest absolute Gasteiger partial charge is 0.490 e. The smallest absolute Gasteiger partial charge is 0.343 e. The van der Waals surface area contributed by atoms with Gasteiger partial charge >= 0.3 is 23.9 Å². The first-order valence-corrected chi connectivity index (χ1v) is 14.9. The van der Waals surface area contributed by atoms with E-state index in [4.69, 9.17) is 33.2 Å². The van der Waals surface area contributed by atoms with Crippen molar-refractivity contribution in [1.29, 1.82) is 0 Å². The summed E-state index contributed by atoms with van der Waals surface area (Å²) < 4.78 is 37.5. The van der Waals surface area contributed by atoms with Gasteiger partial charge in [-0.1, -0.05) is 37.4 Å². The summed E-state index contributed by atoms with van der Waals surface area (Å²) in [5, 5.41) is 3.10. The number of hydrogen-bond donors (Lipinski definition) is 0. The molecule has 0 atom stereocenters. The molecule has 11 heteroatoms. The minimum Gasteiger partial charge on any atom is -0.490 e. The van der Waals surface area contributed by atoms with Crippen LogP contribution >= 0.6 is 0 Å². The van der Waals surface area contributed by atoms with Gasteiger partial charge in [-0.2, -0.15) is 0 Å². The zero-order valence-corrected chi connectivity index (χ0v) is 26.3. The number of ether oxygens (including phenoxy) is 7. The summed E-state index contributed by atoms with van der Waals surface area (Å²) in [7, 11) is 0. The Morgan fingerprint density at radius 3 is 1.51 bits per heavy atom. The second-order valence-electron chi connectivity index (χ2n) is 10.1. The van der Waals surface area contributed by atoms with Crippen LogP contribution in [0.25, 0.3) is 21.5 Å². The molecule has 0 heterocycles. The van der Waals surface area contributed by atoms with Crippen LogP contribution in [0.2, 0.25) is 0 Å². The number of hydrogen-bond acceptors (Lipinski definition) is 11. The summed E-state index contributed by atoms with van der Waals surface area (Å²) in [5.41, 5.74) is 0.603. The number of rotatable bonds is 14. The summed E-state index contributed by atoms with van der Waals surface area (Å²) >= 11 is 0. The van der Waals surface area contributed by atoms with Gasteiger partial charge in [0.05, 0.1) is 17.7 Å². The van der Waals surface area contributed by atoms with Crippen molar-refractivity contribution in [3.8, 4) is 28.7 Å². The van der Waals surface area contributed by atoms with E-state index in [1.807, 2.05) is 0 Å². The number of fused-ring (bicyclic) bond motifs is 2. The highest BCUT2D eigenvalue weighted by molar-refractivity contribution is 5.98. The summed E-state index contributed by atoms with van der Waals surface area (Å²) in [6, 6.07) is 24.9. The van der Waals surface area contributed by atoms with E-state index in [1.54, 1.807) is 79.7 Å². The number of benzene rings is 5. The van der Waals surface area contributed by atoms with E-state index in [0.717, 1.165) is 33.7 Å². The highest BCUT2D eigenvalue weighted by Gasteiger charge is 2.17. The van der Waals surface area contributed by atoms with Crippen molar-refractivity contribution >= 4 is 45.4 Å². The molecule has 5 rings (SSSR count). The maximum atomic E-state index is 13.1. The first-order valence-electron chi connectivity index (χ1n) is 14.9. The molecule has 5 aromatic rings. The Morgan fingerprint density at radius 1 is 0.531 bits per heavy atom. The van der Waals surface area contributed by atoms with Crippen molar-refractivity contribution in [3.05, 3.63) is 127 Å². The predicted molar refractivity (Wildman–Crippen MR) is 179 cm³/mol. The van der Waals surface area contributed by atoms with Crippen molar-refractivity contribution in [2.45, 2.75) is 6.92 Å². The summed E-state index contributed by atoms with van der Waals surface area (Å²) in [4.78, 5) is 48.5. The van der Waals surface area contributed by atoms with Gasteiger partial charge in [0.15, 0.2) is 11.5 Å². The quantitative estimate of drug-likeness (QED) is 0.0529. The summed E-state index contributed by atoms with van der Waals surface area (Å²) in [5.74, 6) is -0.897. The van der Waals surface area contributed by atoms with Gasteiger partial charge in [0.2, 0.25) is 13.6 Å². The molecule has 5 aromatic carbocycles. The molecule has 0 radical (unpaired) electrons. The Kier molecular flexibility index (Phi) is 10.9. The molecule has 0 aliphatic rings. The molecule has 49 heavy (non-hydrogen) atoms. The van der Waals surface area contributed by atoms with Gasteiger partial charge in [-0.3, -0.25) is 0 Å². The number of carbonyl (C=O) groups excluding carboxylic acids is 4. The third-order valence-corrected chi connectivity index (χ3v) is 6.91. The minimum atomic E-state index is -0.619. The van der Waals surface area contributed by atoms with Gasteiger partial charge in [0, 0.05) is 18.2 Å². The van der Waals surface area contributed by atoms with Crippen LogP contribution in [-0.2, 0) is 19.1 Å². The lowest BCUT2D eigenvalue weighted by molar-refractivity contribution is -0.145. The van der Waals surface area contributed by atoms with E-state index in [9.17, 15) is 19.2 Å². The highest BCUT2D eigenvalue weighted by Crippen LogP contribution is 2.33. The molecule has 0 aliphatic carbocycles. The molecule has 0 fully saturated rings. The maximum Gasteiger partial charge on any atom is 0.343 e. The van der Waals surface area contributed by atoms with Crippen molar-refractivity contribution in [1.82, 2.24) is 0 Å². The second kappa shape index (κ2) is 15.8. The van der Waals surface area contributed by atoms with Crippen LogP contribution in [0.3, 0.4) is 0 Å². The SMILES string of the molecule is C=CC(=O)OCOc1ccc2cc(C(=O)Oc3ccc(OC(=O)c4ccc5cc(OCOC(=O)C=C)ccc5c4)c(OCC)c3)ccc2c1.